The molecule has 2 aromatic rings. The zero-order valence-corrected chi connectivity index (χ0v) is 14.3. The summed E-state index contributed by atoms with van der Waals surface area (Å²) in [7, 11) is -3.86. The Morgan fingerprint density at radius 1 is 1.21 bits per heavy atom. The molecule has 6 nitrogen and oxygen atoms in total. The monoisotopic (exact) mass is 343 g/mol. The molecule has 1 fully saturated rings. The predicted octanol–water partition coefficient (Wildman–Crippen LogP) is 2.44. The van der Waals surface area contributed by atoms with E-state index in [4.69, 9.17) is 0 Å². The largest absolute Gasteiger partial charge is 0.343 e. The molecule has 2 aliphatic heterocycles. The van der Waals surface area contributed by atoms with Gasteiger partial charge in [-0.3, -0.25) is 4.79 Å². The summed E-state index contributed by atoms with van der Waals surface area (Å²) in [4.78, 5) is 15.1. The van der Waals surface area contributed by atoms with Crippen LogP contribution < -0.4 is 4.90 Å². The number of allylic oxidation sites excluding steroid dienone is 2. The van der Waals surface area contributed by atoms with Crippen LogP contribution in [0.15, 0.2) is 45.8 Å². The van der Waals surface area contributed by atoms with Crippen molar-refractivity contribution in [2.45, 2.75) is 31.6 Å². The summed E-state index contributed by atoms with van der Waals surface area (Å²) in [6.07, 6.45) is 1.40. The van der Waals surface area contributed by atoms with Gasteiger partial charge in [-0.05, 0) is 44.9 Å². The minimum atomic E-state index is -3.86. The third-order valence-corrected chi connectivity index (χ3v) is 6.37. The number of para-hydroxylation sites is 1. The standard InChI is InChI=1S/C17H17N3O3S/c1-11-10-12(2)20(18-11)17(21)16-14-7-5-9-19(14)13-6-3-4-8-15(13)24(16,22)23/h3-4,6,8,10H,5,7,9H2,1-2H3. The maximum atomic E-state index is 13.1. The van der Waals surface area contributed by atoms with E-state index in [-0.39, 0.29) is 9.80 Å². The van der Waals surface area contributed by atoms with Crippen LogP contribution in [0.5, 0.6) is 0 Å². The number of aromatic nitrogens is 2. The molecule has 0 saturated carbocycles. The molecule has 0 N–H and O–H groups in total. The van der Waals surface area contributed by atoms with E-state index in [0.29, 0.717) is 29.2 Å². The number of hydrogen-bond donors (Lipinski definition) is 0. The van der Waals surface area contributed by atoms with E-state index < -0.39 is 15.7 Å². The maximum Gasteiger partial charge on any atom is 0.292 e. The van der Waals surface area contributed by atoms with Crippen molar-refractivity contribution in [3.05, 3.63) is 52.3 Å². The SMILES string of the molecule is Cc1cc(C)n(C(=O)C2=C3CCCN3c3ccccc3S2(=O)=O)n1. The van der Waals surface area contributed by atoms with Crippen LogP contribution in [-0.4, -0.2) is 30.7 Å². The Kier molecular flexibility index (Phi) is 3.18. The Balaban J connectivity index is 1.97. The van der Waals surface area contributed by atoms with Crippen LogP contribution in [0.1, 0.15) is 29.0 Å². The first kappa shape index (κ1) is 15.1. The van der Waals surface area contributed by atoms with Crippen molar-refractivity contribution in [1.29, 1.82) is 0 Å². The Hall–Kier alpha value is -2.41. The number of anilines is 1. The number of rotatable bonds is 1. The van der Waals surface area contributed by atoms with Crippen LogP contribution in [0.2, 0.25) is 0 Å². The van der Waals surface area contributed by atoms with Crippen molar-refractivity contribution < 1.29 is 13.2 Å². The van der Waals surface area contributed by atoms with Crippen molar-refractivity contribution >= 4 is 21.4 Å². The molecule has 0 atom stereocenters. The number of carbonyl (C=O) groups is 1. The Morgan fingerprint density at radius 3 is 2.67 bits per heavy atom. The molecule has 124 valence electrons. The van der Waals surface area contributed by atoms with Gasteiger partial charge in [0.25, 0.3) is 5.91 Å². The highest BCUT2D eigenvalue weighted by atomic mass is 32.2. The number of carbonyl (C=O) groups excluding carboxylic acids is 1. The van der Waals surface area contributed by atoms with Crippen LogP contribution in [0.4, 0.5) is 5.69 Å². The van der Waals surface area contributed by atoms with Crippen molar-refractivity contribution in [3.8, 4) is 0 Å². The highest BCUT2D eigenvalue weighted by Gasteiger charge is 2.42. The van der Waals surface area contributed by atoms with Crippen molar-refractivity contribution in [2.75, 3.05) is 11.4 Å². The first-order valence-electron chi connectivity index (χ1n) is 7.84. The van der Waals surface area contributed by atoms with E-state index in [9.17, 15) is 13.2 Å². The molecule has 1 aromatic carbocycles. The average Bonchev–Trinajstić information content (AvgIpc) is 3.13. The minimum absolute atomic E-state index is 0.134. The molecule has 0 radical (unpaired) electrons. The third kappa shape index (κ3) is 1.97. The van der Waals surface area contributed by atoms with Gasteiger partial charge in [0.15, 0.2) is 4.91 Å². The fraction of sp³-hybridized carbons (Fsp3) is 0.294. The van der Waals surface area contributed by atoms with Crippen molar-refractivity contribution in [3.63, 3.8) is 0 Å². The van der Waals surface area contributed by atoms with Gasteiger partial charge >= 0.3 is 0 Å². The molecule has 2 aliphatic rings. The number of hydrogen-bond acceptors (Lipinski definition) is 5. The van der Waals surface area contributed by atoms with E-state index in [2.05, 4.69) is 5.10 Å². The quantitative estimate of drug-likeness (QED) is 0.795. The third-order valence-electron chi connectivity index (χ3n) is 4.49. The molecule has 1 aromatic heterocycles. The first-order chi connectivity index (χ1) is 11.4. The van der Waals surface area contributed by atoms with Crippen LogP contribution in [0, 0.1) is 13.8 Å². The van der Waals surface area contributed by atoms with E-state index in [0.717, 1.165) is 13.0 Å². The molecule has 7 heteroatoms. The van der Waals surface area contributed by atoms with Gasteiger partial charge in [0.05, 0.1) is 16.3 Å². The van der Waals surface area contributed by atoms with Crippen LogP contribution >= 0.6 is 0 Å². The zero-order chi connectivity index (χ0) is 17.1. The number of nitrogens with zero attached hydrogens (tertiary/aromatic N) is 3. The summed E-state index contributed by atoms with van der Waals surface area (Å²) in [5.74, 6) is -0.572. The van der Waals surface area contributed by atoms with Gasteiger partial charge in [0.2, 0.25) is 9.84 Å². The van der Waals surface area contributed by atoms with Gasteiger partial charge in [0.1, 0.15) is 0 Å². The molecule has 0 unspecified atom stereocenters. The van der Waals surface area contributed by atoms with Gasteiger partial charge in [-0.25, -0.2) is 13.1 Å². The van der Waals surface area contributed by atoms with Crippen molar-refractivity contribution in [2.24, 2.45) is 0 Å². The summed E-state index contributed by atoms with van der Waals surface area (Å²) in [5, 5.41) is 4.17. The summed E-state index contributed by atoms with van der Waals surface area (Å²) in [5.41, 5.74) is 2.56. The van der Waals surface area contributed by atoms with Gasteiger partial charge in [-0.15, -0.1) is 0 Å². The summed E-state index contributed by atoms with van der Waals surface area (Å²) in [6.45, 7) is 4.25. The molecular formula is C17H17N3O3S. The summed E-state index contributed by atoms with van der Waals surface area (Å²) < 4.78 is 27.5. The Labute approximate surface area is 140 Å². The van der Waals surface area contributed by atoms with E-state index >= 15 is 0 Å². The predicted molar refractivity (Wildman–Crippen MR) is 89.6 cm³/mol. The van der Waals surface area contributed by atoms with Crippen molar-refractivity contribution in [1.82, 2.24) is 9.78 Å². The Morgan fingerprint density at radius 2 is 1.96 bits per heavy atom. The van der Waals surface area contributed by atoms with E-state index in [1.807, 2.05) is 11.0 Å². The lowest BCUT2D eigenvalue weighted by atomic mass is 10.2. The van der Waals surface area contributed by atoms with E-state index in [1.54, 1.807) is 38.1 Å². The number of aryl methyl sites for hydroxylation is 2. The average molecular weight is 343 g/mol. The number of benzene rings is 1. The maximum absolute atomic E-state index is 13.1. The van der Waals surface area contributed by atoms with E-state index in [1.165, 1.54) is 4.68 Å². The molecule has 0 spiro atoms. The normalized spacial score (nSPS) is 18.5. The highest BCUT2D eigenvalue weighted by Crippen LogP contribution is 2.43. The summed E-state index contributed by atoms with van der Waals surface area (Å²) in [6, 6.07) is 8.62. The van der Waals surface area contributed by atoms with Gasteiger partial charge in [-0.2, -0.15) is 5.10 Å². The minimum Gasteiger partial charge on any atom is -0.343 e. The first-order valence-corrected chi connectivity index (χ1v) is 9.32. The molecular weight excluding hydrogens is 326 g/mol. The molecule has 0 aliphatic carbocycles. The summed E-state index contributed by atoms with van der Waals surface area (Å²) >= 11 is 0. The van der Waals surface area contributed by atoms with Crippen LogP contribution in [0.3, 0.4) is 0 Å². The number of sulfone groups is 1. The zero-order valence-electron chi connectivity index (χ0n) is 13.5. The fourth-order valence-electron chi connectivity index (χ4n) is 3.52. The molecule has 3 heterocycles. The second-order valence-corrected chi connectivity index (χ2v) is 8.00. The lowest BCUT2D eigenvalue weighted by molar-refractivity contribution is 0.0944. The fourth-order valence-corrected chi connectivity index (χ4v) is 5.29. The number of fused-ring (bicyclic) bond motifs is 3. The lowest BCUT2D eigenvalue weighted by Crippen LogP contribution is -2.32. The second kappa shape index (κ2) is 5.04. The van der Waals surface area contributed by atoms with Gasteiger partial charge < -0.3 is 4.90 Å². The Bertz CT molecular complexity index is 1000. The molecule has 24 heavy (non-hydrogen) atoms. The molecule has 1 saturated heterocycles. The van der Waals surface area contributed by atoms with Gasteiger partial charge in [0, 0.05) is 17.9 Å². The molecule has 4 rings (SSSR count). The second-order valence-electron chi connectivity index (χ2n) is 6.15. The van der Waals surface area contributed by atoms with Crippen LogP contribution in [0.25, 0.3) is 0 Å². The molecule has 0 amide bonds. The topological polar surface area (TPSA) is 72.3 Å². The highest BCUT2D eigenvalue weighted by molar-refractivity contribution is 7.96. The van der Waals surface area contributed by atoms with Gasteiger partial charge in [-0.1, -0.05) is 12.1 Å². The molecule has 0 bridgehead atoms. The van der Waals surface area contributed by atoms with Crippen LogP contribution in [-0.2, 0) is 9.84 Å². The smallest absolute Gasteiger partial charge is 0.292 e. The lowest BCUT2D eigenvalue weighted by Gasteiger charge is -2.29.